The quantitative estimate of drug-likeness (QED) is 0.786. The molecule has 1 unspecified atom stereocenters. The Labute approximate surface area is 91.7 Å². The molecule has 0 aromatic carbocycles. The minimum Gasteiger partial charge on any atom is -0.481 e. The summed E-state index contributed by atoms with van der Waals surface area (Å²) in [6.45, 7) is 1.84. The van der Waals surface area contributed by atoms with Crippen LogP contribution >= 0.6 is 0 Å². The minimum absolute atomic E-state index is 0.0940. The van der Waals surface area contributed by atoms with Crippen molar-refractivity contribution in [2.75, 3.05) is 0 Å². The number of carbonyl (C=O) groups is 1. The average Bonchev–Trinajstić information content (AvgIpc) is 2.59. The van der Waals surface area contributed by atoms with Crippen LogP contribution in [0.3, 0.4) is 0 Å². The molecule has 0 amide bonds. The predicted octanol–water partition coefficient (Wildman–Crippen LogP) is 0.512. The van der Waals surface area contributed by atoms with Gasteiger partial charge in [-0.25, -0.2) is 0 Å². The van der Waals surface area contributed by atoms with Gasteiger partial charge in [-0.2, -0.15) is 0 Å². The maximum absolute atomic E-state index is 10.5. The van der Waals surface area contributed by atoms with E-state index in [0.717, 1.165) is 11.4 Å². The molecule has 2 aromatic rings. The zero-order valence-electron chi connectivity index (χ0n) is 8.79. The molecule has 6 heteroatoms. The molecular weight excluding hydrogens is 208 g/mol. The summed E-state index contributed by atoms with van der Waals surface area (Å²) in [5.41, 5.74) is 7.18. The van der Waals surface area contributed by atoms with Crippen molar-refractivity contribution in [2.45, 2.75) is 19.4 Å². The van der Waals surface area contributed by atoms with Gasteiger partial charge in [-0.3, -0.25) is 9.20 Å². The number of nitrogens with two attached hydrogens (primary N) is 1. The fourth-order valence-electron chi connectivity index (χ4n) is 1.56. The van der Waals surface area contributed by atoms with Gasteiger partial charge in [0.15, 0.2) is 5.65 Å². The number of rotatable bonds is 3. The van der Waals surface area contributed by atoms with Gasteiger partial charge in [0.05, 0.1) is 6.42 Å². The van der Waals surface area contributed by atoms with Crippen molar-refractivity contribution < 1.29 is 9.90 Å². The van der Waals surface area contributed by atoms with Gasteiger partial charge < -0.3 is 10.8 Å². The maximum atomic E-state index is 10.5. The lowest BCUT2D eigenvalue weighted by Crippen LogP contribution is -2.15. The summed E-state index contributed by atoms with van der Waals surface area (Å²) in [5, 5.41) is 16.5. The van der Waals surface area contributed by atoms with Crippen LogP contribution in [0.1, 0.15) is 23.9 Å². The summed E-state index contributed by atoms with van der Waals surface area (Å²) in [7, 11) is 0. The van der Waals surface area contributed by atoms with Crippen molar-refractivity contribution in [3.8, 4) is 0 Å². The van der Waals surface area contributed by atoms with Gasteiger partial charge in [0.2, 0.25) is 0 Å². The first kappa shape index (κ1) is 10.6. The van der Waals surface area contributed by atoms with Gasteiger partial charge in [0.25, 0.3) is 0 Å². The normalized spacial score (nSPS) is 12.9. The summed E-state index contributed by atoms with van der Waals surface area (Å²) in [6.07, 6.45) is 1.70. The van der Waals surface area contributed by atoms with Crippen LogP contribution in [0.15, 0.2) is 18.3 Å². The average molecular weight is 220 g/mol. The highest BCUT2D eigenvalue weighted by Gasteiger charge is 2.12. The fraction of sp³-hybridized carbons (Fsp3) is 0.300. The molecule has 16 heavy (non-hydrogen) atoms. The van der Waals surface area contributed by atoms with E-state index in [1.807, 2.05) is 11.3 Å². The number of aromatic nitrogens is 3. The molecule has 0 spiro atoms. The van der Waals surface area contributed by atoms with Gasteiger partial charge >= 0.3 is 5.97 Å². The molecule has 0 saturated heterocycles. The molecule has 1 atom stereocenters. The van der Waals surface area contributed by atoms with E-state index in [9.17, 15) is 4.79 Å². The van der Waals surface area contributed by atoms with Crippen LogP contribution in [0.5, 0.6) is 0 Å². The highest BCUT2D eigenvalue weighted by atomic mass is 16.4. The Balaban J connectivity index is 2.35. The summed E-state index contributed by atoms with van der Waals surface area (Å²) in [5.74, 6) is -0.127. The number of hydrogen-bond acceptors (Lipinski definition) is 4. The van der Waals surface area contributed by atoms with E-state index < -0.39 is 12.0 Å². The molecule has 0 radical (unpaired) electrons. The van der Waals surface area contributed by atoms with Crippen molar-refractivity contribution in [2.24, 2.45) is 5.73 Å². The zero-order chi connectivity index (χ0) is 11.7. The fourth-order valence-corrected chi connectivity index (χ4v) is 1.56. The lowest BCUT2D eigenvalue weighted by atomic mass is 10.1. The third-order valence-corrected chi connectivity index (χ3v) is 2.43. The number of nitrogens with zero attached hydrogens (tertiary/aromatic N) is 3. The molecule has 2 rings (SSSR count). The van der Waals surface area contributed by atoms with E-state index in [-0.39, 0.29) is 6.42 Å². The van der Waals surface area contributed by atoms with E-state index in [0.29, 0.717) is 5.65 Å². The number of aryl methyl sites for hydroxylation is 1. The summed E-state index contributed by atoms with van der Waals surface area (Å²) in [4.78, 5) is 10.5. The molecule has 6 nitrogen and oxygen atoms in total. The smallest absolute Gasteiger partial charge is 0.305 e. The van der Waals surface area contributed by atoms with Gasteiger partial charge in [0.1, 0.15) is 5.82 Å². The summed E-state index contributed by atoms with van der Waals surface area (Å²) in [6, 6.07) is 3.03. The second-order valence-corrected chi connectivity index (χ2v) is 3.64. The second-order valence-electron chi connectivity index (χ2n) is 3.64. The van der Waals surface area contributed by atoms with E-state index in [2.05, 4.69) is 10.2 Å². The van der Waals surface area contributed by atoms with E-state index in [1.165, 1.54) is 0 Å². The Morgan fingerprint density at radius 2 is 2.38 bits per heavy atom. The van der Waals surface area contributed by atoms with Crippen LogP contribution in [0.4, 0.5) is 0 Å². The summed E-state index contributed by atoms with van der Waals surface area (Å²) < 4.78 is 1.82. The number of carboxylic acid groups (broad SMARTS) is 1. The van der Waals surface area contributed by atoms with Crippen molar-refractivity contribution >= 4 is 11.6 Å². The molecule has 0 fully saturated rings. The molecule has 0 aliphatic heterocycles. The van der Waals surface area contributed by atoms with Gasteiger partial charge in [-0.05, 0) is 24.6 Å². The molecule has 0 aliphatic carbocycles. The first-order valence-corrected chi connectivity index (χ1v) is 4.86. The topological polar surface area (TPSA) is 93.5 Å². The Hall–Kier alpha value is -1.95. The van der Waals surface area contributed by atoms with Crippen LogP contribution in [-0.4, -0.2) is 25.7 Å². The molecule has 2 heterocycles. The minimum atomic E-state index is -0.912. The van der Waals surface area contributed by atoms with Crippen LogP contribution < -0.4 is 5.73 Å². The number of aliphatic carboxylic acids is 1. The predicted molar refractivity (Wildman–Crippen MR) is 56.9 cm³/mol. The number of carboxylic acids is 1. The van der Waals surface area contributed by atoms with Crippen LogP contribution in [0.2, 0.25) is 0 Å². The second kappa shape index (κ2) is 3.90. The Kier molecular flexibility index (Phi) is 2.57. The van der Waals surface area contributed by atoms with E-state index in [4.69, 9.17) is 10.8 Å². The molecule has 3 N–H and O–H groups in total. The first-order chi connectivity index (χ1) is 7.58. The van der Waals surface area contributed by atoms with Crippen molar-refractivity contribution in [1.82, 2.24) is 14.6 Å². The van der Waals surface area contributed by atoms with E-state index in [1.54, 1.807) is 18.3 Å². The lowest BCUT2D eigenvalue weighted by molar-refractivity contribution is -0.137. The van der Waals surface area contributed by atoms with Crippen LogP contribution in [-0.2, 0) is 4.79 Å². The molecule has 0 aliphatic rings. The number of fused-ring (bicyclic) bond motifs is 1. The number of pyridine rings is 1. The SMILES string of the molecule is Cc1nnc2cc(C(N)CC(=O)O)ccn12. The molecule has 2 aromatic heterocycles. The molecule has 0 saturated carbocycles. The molecule has 0 bridgehead atoms. The van der Waals surface area contributed by atoms with Gasteiger partial charge in [-0.15, -0.1) is 10.2 Å². The molecular formula is C10H12N4O2. The highest BCUT2D eigenvalue weighted by Crippen LogP contribution is 2.15. The molecule has 84 valence electrons. The van der Waals surface area contributed by atoms with Crippen LogP contribution in [0.25, 0.3) is 5.65 Å². The van der Waals surface area contributed by atoms with E-state index >= 15 is 0 Å². The maximum Gasteiger partial charge on any atom is 0.305 e. The lowest BCUT2D eigenvalue weighted by Gasteiger charge is -2.09. The monoisotopic (exact) mass is 220 g/mol. The van der Waals surface area contributed by atoms with Gasteiger partial charge in [-0.1, -0.05) is 0 Å². The Bertz CT molecular complexity index is 535. The van der Waals surface area contributed by atoms with Crippen molar-refractivity contribution in [1.29, 1.82) is 0 Å². The number of hydrogen-bond donors (Lipinski definition) is 2. The largest absolute Gasteiger partial charge is 0.481 e. The third-order valence-electron chi connectivity index (χ3n) is 2.43. The zero-order valence-corrected chi connectivity index (χ0v) is 8.79. The standard InChI is InChI=1S/C10H12N4O2/c1-6-12-13-9-4-7(2-3-14(6)9)8(11)5-10(15)16/h2-4,8H,5,11H2,1H3,(H,15,16). The van der Waals surface area contributed by atoms with Gasteiger partial charge in [0, 0.05) is 12.2 Å². The van der Waals surface area contributed by atoms with Crippen LogP contribution in [0, 0.1) is 6.92 Å². The Morgan fingerprint density at radius 3 is 3.06 bits per heavy atom. The van der Waals surface area contributed by atoms with Crippen molar-refractivity contribution in [3.63, 3.8) is 0 Å². The highest BCUT2D eigenvalue weighted by molar-refractivity contribution is 5.68. The first-order valence-electron chi connectivity index (χ1n) is 4.86. The summed E-state index contributed by atoms with van der Waals surface area (Å²) >= 11 is 0. The third kappa shape index (κ3) is 1.87. The van der Waals surface area contributed by atoms with Crippen molar-refractivity contribution in [3.05, 3.63) is 29.7 Å². The Morgan fingerprint density at radius 1 is 1.62 bits per heavy atom.